The summed E-state index contributed by atoms with van der Waals surface area (Å²) in [6.07, 6.45) is 3.40. The Hall–Kier alpha value is -2.70. The molecule has 130 valence electrons. The quantitative estimate of drug-likeness (QED) is 0.380. The molecule has 0 fully saturated rings. The van der Waals surface area contributed by atoms with Gasteiger partial charge in [-0.2, -0.15) is 0 Å². The molecule has 0 saturated heterocycles. The van der Waals surface area contributed by atoms with Crippen molar-refractivity contribution in [1.82, 2.24) is 4.90 Å². The highest BCUT2D eigenvalue weighted by Gasteiger charge is 2.17. The maximum absolute atomic E-state index is 12.5. The summed E-state index contributed by atoms with van der Waals surface area (Å²) >= 11 is 0. The van der Waals surface area contributed by atoms with E-state index in [0.717, 1.165) is 5.56 Å². The summed E-state index contributed by atoms with van der Waals surface area (Å²) in [5, 5.41) is 3.74. The van der Waals surface area contributed by atoms with Crippen molar-refractivity contribution in [3.8, 4) is 0 Å². The van der Waals surface area contributed by atoms with E-state index in [2.05, 4.69) is 54.6 Å². The van der Waals surface area contributed by atoms with E-state index in [1.807, 2.05) is 49.3 Å². The summed E-state index contributed by atoms with van der Waals surface area (Å²) in [6.45, 7) is 0. The van der Waals surface area contributed by atoms with Crippen LogP contribution < -0.4 is 15.9 Å². The Balaban J connectivity index is 2.03. The van der Waals surface area contributed by atoms with Crippen LogP contribution in [0.3, 0.4) is 0 Å². The number of hydrogen-bond donors (Lipinski definition) is 0. The molecule has 0 saturated carbocycles. The van der Waals surface area contributed by atoms with Gasteiger partial charge in [0.15, 0.2) is 5.78 Å². The van der Waals surface area contributed by atoms with E-state index in [1.54, 1.807) is 12.3 Å². The predicted octanol–water partition coefficient (Wildman–Crippen LogP) is 3.70. The summed E-state index contributed by atoms with van der Waals surface area (Å²) in [5.74, 6) is 0.0247. The van der Waals surface area contributed by atoms with Crippen LogP contribution in [0, 0.1) is 0 Å². The third kappa shape index (κ3) is 4.47. The first kappa shape index (κ1) is 18.1. The average molecular weight is 359 g/mol. The van der Waals surface area contributed by atoms with Gasteiger partial charge in [0, 0.05) is 31.9 Å². The van der Waals surface area contributed by atoms with Crippen LogP contribution in [-0.4, -0.2) is 24.8 Å². The SMILES string of the molecule is CN(C)/C=C/C(=O)c1cccc(P(c2ccccc2)c2ccccc2)c1. The average Bonchev–Trinajstić information content (AvgIpc) is 2.68. The molecule has 0 radical (unpaired) electrons. The molecular formula is C23H22NOP. The van der Waals surface area contributed by atoms with Crippen molar-refractivity contribution in [2.75, 3.05) is 14.1 Å². The predicted molar refractivity (Wildman–Crippen MR) is 112 cm³/mol. The normalized spacial score (nSPS) is 11.0. The number of carbonyl (C=O) groups excluding carboxylic acids is 1. The second-order valence-corrected chi connectivity index (χ2v) is 8.42. The van der Waals surface area contributed by atoms with E-state index in [4.69, 9.17) is 0 Å². The lowest BCUT2D eigenvalue weighted by molar-refractivity contribution is 0.104. The van der Waals surface area contributed by atoms with E-state index in [-0.39, 0.29) is 5.78 Å². The van der Waals surface area contributed by atoms with Gasteiger partial charge in [-0.05, 0) is 29.9 Å². The van der Waals surface area contributed by atoms with Gasteiger partial charge >= 0.3 is 0 Å². The molecule has 0 bridgehead atoms. The van der Waals surface area contributed by atoms with Gasteiger partial charge in [0.1, 0.15) is 0 Å². The second-order valence-electron chi connectivity index (χ2n) is 6.20. The van der Waals surface area contributed by atoms with E-state index in [9.17, 15) is 4.79 Å². The Morgan fingerprint density at radius 3 is 1.85 bits per heavy atom. The van der Waals surface area contributed by atoms with E-state index >= 15 is 0 Å². The minimum atomic E-state index is -0.695. The molecular weight excluding hydrogens is 337 g/mol. The molecule has 0 aliphatic heterocycles. The fourth-order valence-corrected chi connectivity index (χ4v) is 5.05. The van der Waals surface area contributed by atoms with Crippen molar-refractivity contribution >= 4 is 29.6 Å². The Morgan fingerprint density at radius 2 is 1.31 bits per heavy atom. The van der Waals surface area contributed by atoms with Crippen LogP contribution in [0.4, 0.5) is 0 Å². The Kier molecular flexibility index (Phi) is 5.99. The molecule has 0 spiro atoms. The monoisotopic (exact) mass is 359 g/mol. The van der Waals surface area contributed by atoms with Crippen LogP contribution in [0.1, 0.15) is 10.4 Å². The zero-order valence-corrected chi connectivity index (χ0v) is 15.9. The first-order chi connectivity index (χ1) is 12.6. The largest absolute Gasteiger partial charge is 0.383 e. The molecule has 2 nitrogen and oxygen atoms in total. The van der Waals surface area contributed by atoms with E-state index in [1.165, 1.54) is 15.9 Å². The molecule has 0 atom stereocenters. The van der Waals surface area contributed by atoms with Gasteiger partial charge in [-0.15, -0.1) is 0 Å². The fraction of sp³-hybridized carbons (Fsp3) is 0.0870. The van der Waals surface area contributed by atoms with E-state index < -0.39 is 7.92 Å². The number of carbonyl (C=O) groups is 1. The second kappa shape index (κ2) is 8.60. The number of rotatable bonds is 6. The maximum Gasteiger partial charge on any atom is 0.187 e. The lowest BCUT2D eigenvalue weighted by atomic mass is 10.1. The molecule has 0 aromatic heterocycles. The number of nitrogens with zero attached hydrogens (tertiary/aromatic N) is 1. The fourth-order valence-electron chi connectivity index (χ4n) is 2.71. The van der Waals surface area contributed by atoms with Crippen LogP contribution >= 0.6 is 7.92 Å². The first-order valence-corrected chi connectivity index (χ1v) is 9.88. The van der Waals surface area contributed by atoms with Crippen molar-refractivity contribution < 1.29 is 4.79 Å². The van der Waals surface area contributed by atoms with E-state index in [0.29, 0.717) is 0 Å². The first-order valence-electron chi connectivity index (χ1n) is 8.54. The highest BCUT2D eigenvalue weighted by atomic mass is 31.1. The summed E-state index contributed by atoms with van der Waals surface area (Å²) in [7, 11) is 3.12. The number of allylic oxidation sites excluding steroid dienone is 1. The van der Waals surface area contributed by atoms with Gasteiger partial charge in [-0.3, -0.25) is 4.79 Å². The topological polar surface area (TPSA) is 20.3 Å². The van der Waals surface area contributed by atoms with Gasteiger partial charge in [-0.25, -0.2) is 0 Å². The minimum absolute atomic E-state index is 0.0247. The van der Waals surface area contributed by atoms with Crippen molar-refractivity contribution in [1.29, 1.82) is 0 Å². The molecule has 3 rings (SSSR count). The number of benzene rings is 3. The maximum atomic E-state index is 12.5. The summed E-state index contributed by atoms with van der Waals surface area (Å²) in [4.78, 5) is 14.4. The third-order valence-corrected chi connectivity index (χ3v) is 6.37. The molecule has 3 aromatic rings. The van der Waals surface area contributed by atoms with Gasteiger partial charge in [0.25, 0.3) is 0 Å². The van der Waals surface area contributed by atoms with Gasteiger partial charge < -0.3 is 4.90 Å². The van der Waals surface area contributed by atoms with Crippen molar-refractivity contribution in [3.63, 3.8) is 0 Å². The Morgan fingerprint density at radius 1 is 0.769 bits per heavy atom. The standard InChI is InChI=1S/C23H22NOP/c1-24(2)17-16-23(25)19-10-9-15-22(18-19)26(20-11-5-3-6-12-20)21-13-7-4-8-14-21/h3-18H,1-2H3/b17-16+. The molecule has 3 heteroatoms. The lowest BCUT2D eigenvalue weighted by Crippen LogP contribution is -2.21. The molecule has 26 heavy (non-hydrogen) atoms. The zero-order valence-electron chi connectivity index (χ0n) is 15.0. The molecule has 0 N–H and O–H groups in total. The Labute approximate surface area is 156 Å². The van der Waals surface area contributed by atoms with Crippen LogP contribution in [0.25, 0.3) is 0 Å². The highest BCUT2D eigenvalue weighted by molar-refractivity contribution is 7.79. The molecule has 3 aromatic carbocycles. The van der Waals surface area contributed by atoms with Crippen molar-refractivity contribution in [2.24, 2.45) is 0 Å². The zero-order chi connectivity index (χ0) is 18.4. The smallest absolute Gasteiger partial charge is 0.187 e. The number of ketones is 1. The molecule has 0 unspecified atom stereocenters. The van der Waals surface area contributed by atoms with Crippen LogP contribution in [0.2, 0.25) is 0 Å². The molecule has 0 aliphatic carbocycles. The Bertz CT molecular complexity index is 849. The number of hydrogen-bond acceptors (Lipinski definition) is 2. The van der Waals surface area contributed by atoms with Gasteiger partial charge in [0.2, 0.25) is 0 Å². The molecule has 0 amide bonds. The van der Waals surface area contributed by atoms with Crippen LogP contribution in [0.15, 0.2) is 97.2 Å². The molecule has 0 heterocycles. The summed E-state index contributed by atoms with van der Waals surface area (Å²) in [6, 6.07) is 29.0. The summed E-state index contributed by atoms with van der Waals surface area (Å²) < 4.78 is 0. The lowest BCUT2D eigenvalue weighted by Gasteiger charge is -2.19. The van der Waals surface area contributed by atoms with Crippen molar-refractivity contribution in [2.45, 2.75) is 0 Å². The van der Waals surface area contributed by atoms with Gasteiger partial charge in [0.05, 0.1) is 0 Å². The van der Waals surface area contributed by atoms with Crippen LogP contribution in [-0.2, 0) is 0 Å². The van der Waals surface area contributed by atoms with Crippen molar-refractivity contribution in [3.05, 3.63) is 103 Å². The van der Waals surface area contributed by atoms with Crippen LogP contribution in [0.5, 0.6) is 0 Å². The minimum Gasteiger partial charge on any atom is -0.383 e. The molecule has 0 aliphatic rings. The highest BCUT2D eigenvalue weighted by Crippen LogP contribution is 2.32. The summed E-state index contributed by atoms with van der Waals surface area (Å²) in [5.41, 5.74) is 0.722. The van der Waals surface area contributed by atoms with Gasteiger partial charge in [-0.1, -0.05) is 78.9 Å². The third-order valence-electron chi connectivity index (χ3n) is 3.94.